The van der Waals surface area contributed by atoms with Gasteiger partial charge in [-0.1, -0.05) is 60.7 Å². The Labute approximate surface area is 173 Å². The predicted octanol–water partition coefficient (Wildman–Crippen LogP) is 3.71. The number of ether oxygens (including phenoxy) is 1. The molecule has 146 valence electrons. The van der Waals surface area contributed by atoms with E-state index in [9.17, 15) is 4.79 Å². The normalized spacial score (nSPS) is 11.8. The lowest BCUT2D eigenvalue weighted by atomic mass is 10.2. The van der Waals surface area contributed by atoms with E-state index in [0.717, 1.165) is 39.3 Å². The lowest BCUT2D eigenvalue weighted by molar-refractivity contribution is 0.415. The monoisotopic (exact) mass is 393 g/mol. The molecule has 2 heterocycles. The summed E-state index contributed by atoms with van der Waals surface area (Å²) in [4.78, 5) is 17.9. The molecule has 0 N–H and O–H groups in total. The van der Waals surface area contributed by atoms with E-state index in [1.54, 1.807) is 17.9 Å². The fourth-order valence-electron chi connectivity index (χ4n) is 3.61. The van der Waals surface area contributed by atoms with Gasteiger partial charge >= 0.3 is 0 Å². The molecule has 0 unspecified atom stereocenters. The van der Waals surface area contributed by atoms with Gasteiger partial charge in [0.25, 0.3) is 5.56 Å². The van der Waals surface area contributed by atoms with E-state index in [4.69, 9.17) is 9.72 Å². The van der Waals surface area contributed by atoms with E-state index in [0.29, 0.717) is 0 Å². The number of methoxy groups -OCH3 is 1. The van der Waals surface area contributed by atoms with E-state index in [2.05, 4.69) is 0 Å². The number of fused-ring (bicyclic) bond motifs is 1. The van der Waals surface area contributed by atoms with Crippen LogP contribution in [0, 0.1) is 0 Å². The lowest BCUT2D eigenvalue weighted by Gasteiger charge is -2.07. The maximum Gasteiger partial charge on any atom is 0.272 e. The maximum absolute atomic E-state index is 13.0. The molecule has 5 aromatic rings. The first-order valence-electron chi connectivity index (χ1n) is 9.66. The zero-order valence-corrected chi connectivity index (χ0v) is 16.4. The molecule has 0 fully saturated rings. The molecule has 2 aromatic heterocycles. The summed E-state index contributed by atoms with van der Waals surface area (Å²) in [6.45, 7) is 0. The first kappa shape index (κ1) is 17.9. The molecule has 0 bridgehead atoms. The first-order chi connectivity index (χ1) is 14.7. The van der Waals surface area contributed by atoms with Crippen molar-refractivity contribution in [2.75, 3.05) is 7.11 Å². The molecule has 5 heteroatoms. The molecule has 0 amide bonds. The zero-order valence-electron chi connectivity index (χ0n) is 16.4. The van der Waals surface area contributed by atoms with Crippen molar-refractivity contribution in [3.63, 3.8) is 0 Å². The van der Waals surface area contributed by atoms with Crippen LogP contribution in [0.15, 0.2) is 95.8 Å². The predicted molar refractivity (Wildman–Crippen MR) is 118 cm³/mol. The quantitative estimate of drug-likeness (QED) is 0.468. The minimum absolute atomic E-state index is 0.0971. The van der Waals surface area contributed by atoms with Gasteiger partial charge in [-0.05, 0) is 35.9 Å². The van der Waals surface area contributed by atoms with E-state index in [1.807, 2.05) is 95.5 Å². The van der Waals surface area contributed by atoms with Crippen LogP contribution in [0.4, 0.5) is 0 Å². The number of para-hydroxylation sites is 1. The molecule has 0 aliphatic heterocycles. The van der Waals surface area contributed by atoms with Gasteiger partial charge in [-0.3, -0.25) is 4.79 Å². The Morgan fingerprint density at radius 1 is 0.867 bits per heavy atom. The summed E-state index contributed by atoms with van der Waals surface area (Å²) in [7, 11) is 1.64. The minimum atomic E-state index is -0.0971. The van der Waals surface area contributed by atoms with Crippen LogP contribution in [0.2, 0.25) is 0 Å². The third kappa shape index (κ3) is 3.06. The van der Waals surface area contributed by atoms with Gasteiger partial charge in [0.1, 0.15) is 5.75 Å². The number of benzene rings is 3. The Bertz CT molecular complexity index is 1420. The number of hydrogen-bond donors (Lipinski definition) is 0. The summed E-state index contributed by atoms with van der Waals surface area (Å²) < 4.78 is 8.80. The van der Waals surface area contributed by atoms with Crippen molar-refractivity contribution >= 4 is 11.6 Å². The molecule has 5 rings (SSSR count). The minimum Gasteiger partial charge on any atom is -0.497 e. The van der Waals surface area contributed by atoms with Gasteiger partial charge in [0.05, 0.1) is 23.7 Å². The highest BCUT2D eigenvalue weighted by atomic mass is 16.5. The second-order valence-corrected chi connectivity index (χ2v) is 6.93. The van der Waals surface area contributed by atoms with Crippen LogP contribution in [0.3, 0.4) is 0 Å². The highest BCUT2D eigenvalue weighted by Crippen LogP contribution is 2.19. The Hall–Kier alpha value is -4.12. The van der Waals surface area contributed by atoms with Crippen molar-refractivity contribution in [3.8, 4) is 22.8 Å². The standard InChI is InChI=1S/C25H19N3O2/c1-30-21-14-12-18(13-15-21)16-22-23-17-24(29)27(20-10-6-3-7-11-20)28(23)25(26-22)19-8-4-2-5-9-19/h2-17H,1H3/b22-16-. The van der Waals surface area contributed by atoms with E-state index in [1.165, 1.54) is 0 Å². The van der Waals surface area contributed by atoms with Crippen molar-refractivity contribution < 1.29 is 4.74 Å². The Morgan fingerprint density at radius 3 is 2.20 bits per heavy atom. The highest BCUT2D eigenvalue weighted by molar-refractivity contribution is 5.66. The fourth-order valence-corrected chi connectivity index (χ4v) is 3.61. The molecule has 3 aromatic carbocycles. The lowest BCUT2D eigenvalue weighted by Crippen LogP contribution is -2.17. The molecule has 0 spiro atoms. The summed E-state index contributed by atoms with van der Waals surface area (Å²) >= 11 is 0. The largest absolute Gasteiger partial charge is 0.497 e. The summed E-state index contributed by atoms with van der Waals surface area (Å²) in [6, 6.07) is 28.9. The summed E-state index contributed by atoms with van der Waals surface area (Å²) in [5.41, 5.74) is 3.38. The Kier molecular flexibility index (Phi) is 4.41. The van der Waals surface area contributed by atoms with Crippen molar-refractivity contribution in [3.05, 3.63) is 112 Å². The SMILES string of the molecule is COc1ccc(/C=c2\nc(-c3ccccc3)n3c2cc(=O)n3-c2ccccc2)cc1. The van der Waals surface area contributed by atoms with Crippen LogP contribution in [0.1, 0.15) is 5.56 Å². The summed E-state index contributed by atoms with van der Waals surface area (Å²) in [5.74, 6) is 1.51. The topological polar surface area (TPSA) is 48.5 Å². The van der Waals surface area contributed by atoms with Crippen LogP contribution in [0.5, 0.6) is 5.75 Å². The molecule has 0 saturated carbocycles. The van der Waals surface area contributed by atoms with Crippen molar-refractivity contribution in [1.29, 1.82) is 0 Å². The second-order valence-electron chi connectivity index (χ2n) is 6.93. The first-order valence-corrected chi connectivity index (χ1v) is 9.66. The van der Waals surface area contributed by atoms with E-state index in [-0.39, 0.29) is 5.56 Å². The zero-order chi connectivity index (χ0) is 20.5. The van der Waals surface area contributed by atoms with Crippen LogP contribution in [-0.4, -0.2) is 21.3 Å². The van der Waals surface area contributed by atoms with Crippen LogP contribution in [-0.2, 0) is 0 Å². The van der Waals surface area contributed by atoms with Gasteiger partial charge in [-0.2, -0.15) is 0 Å². The molecule has 0 atom stereocenters. The van der Waals surface area contributed by atoms with E-state index >= 15 is 0 Å². The summed E-state index contributed by atoms with van der Waals surface area (Å²) in [5, 5.41) is 0.741. The number of rotatable bonds is 4. The van der Waals surface area contributed by atoms with Gasteiger partial charge < -0.3 is 4.74 Å². The van der Waals surface area contributed by atoms with Gasteiger partial charge in [-0.15, -0.1) is 0 Å². The van der Waals surface area contributed by atoms with Crippen LogP contribution < -0.4 is 15.6 Å². The third-order valence-electron chi connectivity index (χ3n) is 5.04. The maximum atomic E-state index is 13.0. The van der Waals surface area contributed by atoms with Gasteiger partial charge in [-0.25, -0.2) is 14.2 Å². The third-order valence-corrected chi connectivity index (χ3v) is 5.04. The highest BCUT2D eigenvalue weighted by Gasteiger charge is 2.16. The summed E-state index contributed by atoms with van der Waals surface area (Å²) in [6.07, 6.45) is 1.98. The van der Waals surface area contributed by atoms with Gasteiger partial charge in [0, 0.05) is 11.6 Å². The van der Waals surface area contributed by atoms with Gasteiger partial charge in [0.15, 0.2) is 5.82 Å². The van der Waals surface area contributed by atoms with Crippen molar-refractivity contribution in [2.45, 2.75) is 0 Å². The second kappa shape index (κ2) is 7.37. The molecule has 0 aliphatic carbocycles. The number of imidazole rings is 1. The molecular weight excluding hydrogens is 374 g/mol. The number of hydrogen-bond acceptors (Lipinski definition) is 3. The smallest absolute Gasteiger partial charge is 0.272 e. The molecule has 5 nitrogen and oxygen atoms in total. The Balaban J connectivity index is 1.81. The fraction of sp³-hybridized carbons (Fsp3) is 0.0400. The number of nitrogens with zero attached hydrogens (tertiary/aromatic N) is 3. The molecule has 0 saturated heterocycles. The van der Waals surface area contributed by atoms with Gasteiger partial charge in [0.2, 0.25) is 0 Å². The molecular formula is C25H19N3O2. The Morgan fingerprint density at radius 2 is 1.53 bits per heavy atom. The van der Waals surface area contributed by atoms with E-state index < -0.39 is 0 Å². The van der Waals surface area contributed by atoms with Crippen molar-refractivity contribution in [2.24, 2.45) is 0 Å². The number of aromatic nitrogens is 3. The molecule has 0 radical (unpaired) electrons. The van der Waals surface area contributed by atoms with Crippen molar-refractivity contribution in [1.82, 2.24) is 14.2 Å². The van der Waals surface area contributed by atoms with Crippen LogP contribution >= 0.6 is 0 Å². The average molecular weight is 393 g/mol. The molecule has 30 heavy (non-hydrogen) atoms. The molecule has 0 aliphatic rings. The average Bonchev–Trinajstić information content (AvgIpc) is 3.31. The van der Waals surface area contributed by atoms with Crippen LogP contribution in [0.25, 0.3) is 28.7 Å².